The normalized spacial score (nSPS) is 29.4. The zero-order chi connectivity index (χ0) is 32.1. The van der Waals surface area contributed by atoms with Crippen molar-refractivity contribution in [2.75, 3.05) is 13.7 Å². The van der Waals surface area contributed by atoms with E-state index in [9.17, 15) is 19.8 Å². The van der Waals surface area contributed by atoms with Gasteiger partial charge in [0.25, 0.3) is 6.61 Å². The fourth-order valence-corrected chi connectivity index (χ4v) is 7.83. The highest BCUT2D eigenvalue weighted by atomic mass is 16.9. The number of H-pyrrole nitrogens is 3. The first-order valence-electron chi connectivity index (χ1n) is 15.7. The number of carbonyl (C=O) groups excluding carboxylic acids is 1. The van der Waals surface area contributed by atoms with Crippen molar-refractivity contribution in [3.05, 3.63) is 84.8 Å². The number of Topliss-reactive ketones (excluding diaryl/α,β-unsaturated/α-hetero) is 1. The van der Waals surface area contributed by atoms with Crippen LogP contribution in [-0.4, -0.2) is 56.4 Å². The number of nitrogens with one attached hydrogen (secondary N) is 4. The summed E-state index contributed by atoms with van der Waals surface area (Å²) in [7, 11) is 1.81. The van der Waals surface area contributed by atoms with Gasteiger partial charge in [0.1, 0.15) is 13.0 Å². The summed E-state index contributed by atoms with van der Waals surface area (Å²) in [5, 5.41) is 26.9. The number of carbonyl (C=O) groups is 2. The molecule has 3 aliphatic heterocycles. The lowest BCUT2D eigenvalue weighted by molar-refractivity contribution is -0.138. The van der Waals surface area contributed by atoms with Crippen LogP contribution in [0.4, 0.5) is 0 Å². The minimum atomic E-state index is -1.32. The third-order valence-corrected chi connectivity index (χ3v) is 10.7. The Hall–Kier alpha value is -4.34. The van der Waals surface area contributed by atoms with Crippen molar-refractivity contribution >= 4 is 41.6 Å². The van der Waals surface area contributed by atoms with Crippen molar-refractivity contribution in [2.24, 2.45) is 17.8 Å². The summed E-state index contributed by atoms with van der Waals surface area (Å²) in [6, 6.07) is 0. The van der Waals surface area contributed by atoms with Crippen LogP contribution in [0.25, 0.3) is 29.9 Å². The summed E-state index contributed by atoms with van der Waals surface area (Å²) in [6.07, 6.45) is 10.1. The van der Waals surface area contributed by atoms with Gasteiger partial charge in [0.2, 0.25) is 0 Å². The second kappa shape index (κ2) is 10.1. The van der Waals surface area contributed by atoms with Crippen molar-refractivity contribution in [2.45, 2.75) is 59.7 Å². The molecule has 234 valence electrons. The van der Waals surface area contributed by atoms with Gasteiger partial charge in [0, 0.05) is 67.7 Å². The van der Waals surface area contributed by atoms with Crippen LogP contribution < -0.4 is 16.0 Å². The lowest BCUT2D eigenvalue weighted by Crippen LogP contribution is -2.24. The van der Waals surface area contributed by atoms with E-state index in [2.05, 4.69) is 71.1 Å². The quantitative estimate of drug-likeness (QED) is 0.143. The number of aliphatic hydroxyl groups is 1. The second-order valence-corrected chi connectivity index (χ2v) is 13.2. The number of fused-ring (bicyclic) bond motifs is 7. The second-order valence-electron chi connectivity index (χ2n) is 13.2. The predicted octanol–water partition coefficient (Wildman–Crippen LogP) is 3.94. The molecule has 6 heterocycles. The predicted molar refractivity (Wildman–Crippen MR) is 175 cm³/mol. The maximum atomic E-state index is 13.9. The third kappa shape index (κ3) is 4.28. The lowest BCUT2D eigenvalue weighted by Gasteiger charge is -2.19. The number of hydrogen-bond donors (Lipinski definition) is 6. The molecule has 3 aromatic heterocycles. The molecule has 2 saturated heterocycles. The van der Waals surface area contributed by atoms with E-state index in [-0.39, 0.29) is 11.8 Å². The minimum absolute atomic E-state index is 0.0289. The number of allylic oxidation sites excluding steroid dienone is 2. The number of aromatic nitrogens is 3. The lowest BCUT2D eigenvalue weighted by atomic mass is 9.84. The van der Waals surface area contributed by atoms with E-state index in [1.165, 1.54) is 5.56 Å². The first kappa shape index (κ1) is 29.4. The van der Waals surface area contributed by atoms with Gasteiger partial charge in [0.15, 0.2) is 5.78 Å². The van der Waals surface area contributed by atoms with Crippen LogP contribution in [0.2, 0.25) is 0 Å². The zero-order valence-electron chi connectivity index (χ0n) is 26.7. The van der Waals surface area contributed by atoms with Crippen LogP contribution in [0.5, 0.6) is 0 Å². The number of carboxylic acid groups (broad SMARTS) is 1. The molecular weight excluding hydrogens is 568 g/mol. The molecule has 0 spiro atoms. The first-order valence-corrected chi connectivity index (χ1v) is 15.7. The fraction of sp³-hybridized carbons (Fsp3) is 0.389. The summed E-state index contributed by atoms with van der Waals surface area (Å²) in [5.74, 6) is -3.99. The molecule has 8 bridgehead atoms. The molecular formula is C36H41N4O5+. The van der Waals surface area contributed by atoms with Gasteiger partial charge in [0.05, 0.1) is 12.1 Å². The molecule has 0 amide bonds. The van der Waals surface area contributed by atoms with Crippen molar-refractivity contribution in [3.63, 3.8) is 0 Å². The number of ketones is 1. The molecule has 45 heavy (non-hydrogen) atoms. The molecule has 0 aromatic carbocycles. The zero-order valence-corrected chi connectivity index (χ0v) is 26.7. The minimum Gasteiger partial charge on any atom is -0.480 e. The third-order valence-electron chi connectivity index (χ3n) is 10.7. The van der Waals surface area contributed by atoms with Gasteiger partial charge in [-0.05, 0) is 74.1 Å². The van der Waals surface area contributed by atoms with Crippen LogP contribution in [0.15, 0.2) is 18.0 Å². The van der Waals surface area contributed by atoms with Crippen LogP contribution in [-0.2, 0) is 15.6 Å². The Morgan fingerprint density at radius 1 is 1.07 bits per heavy atom. The monoisotopic (exact) mass is 609 g/mol. The Balaban J connectivity index is 1.54. The van der Waals surface area contributed by atoms with E-state index < -0.39 is 23.5 Å². The van der Waals surface area contributed by atoms with E-state index >= 15 is 0 Å². The molecule has 2 fully saturated rings. The summed E-state index contributed by atoms with van der Waals surface area (Å²) in [5.41, 5.74) is 11.0. The highest BCUT2D eigenvalue weighted by molar-refractivity contribution is 6.24. The topological polar surface area (TPSA) is 137 Å². The van der Waals surface area contributed by atoms with Crippen LogP contribution in [0.1, 0.15) is 87.6 Å². The van der Waals surface area contributed by atoms with Gasteiger partial charge in [-0.1, -0.05) is 26.5 Å². The number of carboxylic acids is 1. The van der Waals surface area contributed by atoms with E-state index in [1.54, 1.807) is 0 Å². The van der Waals surface area contributed by atoms with Gasteiger partial charge in [-0.25, -0.2) is 0 Å². The van der Waals surface area contributed by atoms with E-state index in [1.807, 2.05) is 26.2 Å². The number of aromatic amines is 3. The smallest absolute Gasteiger partial charge is 0.343 e. The fourth-order valence-electron chi connectivity index (χ4n) is 7.83. The van der Waals surface area contributed by atoms with Crippen LogP contribution in [0, 0.1) is 38.5 Å². The highest BCUT2D eigenvalue weighted by Crippen LogP contribution is 2.49. The maximum absolute atomic E-state index is 13.9. The Bertz CT molecular complexity index is 2020. The van der Waals surface area contributed by atoms with Crippen LogP contribution in [0.3, 0.4) is 0 Å². The molecule has 0 radical (unpaired) electrons. The summed E-state index contributed by atoms with van der Waals surface area (Å²) in [6.45, 7) is 15.0. The van der Waals surface area contributed by atoms with Crippen molar-refractivity contribution in [3.8, 4) is 0 Å². The maximum Gasteiger partial charge on any atom is 0.343 e. The molecule has 3 aromatic rings. The largest absolute Gasteiger partial charge is 0.480 e. The summed E-state index contributed by atoms with van der Waals surface area (Å²) >= 11 is 0. The van der Waals surface area contributed by atoms with Gasteiger partial charge in [-0.3, -0.25) is 9.59 Å². The van der Waals surface area contributed by atoms with Crippen molar-refractivity contribution < 1.29 is 24.2 Å². The number of rotatable bonds is 6. The average molecular weight is 610 g/mol. The van der Waals surface area contributed by atoms with Crippen molar-refractivity contribution in [1.82, 2.24) is 20.3 Å². The van der Waals surface area contributed by atoms with E-state index in [0.717, 1.165) is 67.8 Å². The van der Waals surface area contributed by atoms with Gasteiger partial charge in [-0.15, -0.1) is 0 Å². The van der Waals surface area contributed by atoms with Crippen LogP contribution >= 0.6 is 0 Å². The highest BCUT2D eigenvalue weighted by Gasteiger charge is 2.59. The Morgan fingerprint density at radius 3 is 2.40 bits per heavy atom. The molecule has 0 unspecified atom stereocenters. The Labute approximate surface area is 261 Å². The molecule has 9 nitrogen and oxygen atoms in total. The SMILES string of the molecule is C=Cc1c2[nH]c(c1C)/C=C1\N/C(=C3\c4[nH]c(c(C)c4C(=O)[C@@H]3C(=O)O)/C=c3\[nH]/c(c(C)c3CC)=C\2)[C@@H](CC[C@]2(O)C[O+]2C)[C@@H]1C. The van der Waals surface area contributed by atoms with Gasteiger partial charge >= 0.3 is 11.8 Å². The Morgan fingerprint density at radius 2 is 1.76 bits per heavy atom. The van der Waals surface area contributed by atoms with Crippen molar-refractivity contribution in [1.29, 1.82) is 0 Å². The molecule has 4 atom stereocenters. The van der Waals surface area contributed by atoms with E-state index in [0.29, 0.717) is 36.3 Å². The molecule has 4 aliphatic rings. The molecule has 9 heteroatoms. The summed E-state index contributed by atoms with van der Waals surface area (Å²) < 4.78 is 2.74. The van der Waals surface area contributed by atoms with Gasteiger partial charge in [-0.2, -0.15) is 0 Å². The average Bonchev–Trinajstić information content (AvgIpc) is 3.41. The van der Waals surface area contributed by atoms with Gasteiger partial charge < -0.3 is 34.8 Å². The number of hydrogen-bond acceptors (Lipinski definition) is 4. The first-order chi connectivity index (χ1) is 21.4. The molecule has 0 saturated carbocycles. The molecule has 7 rings (SSSR count). The number of aliphatic carboxylic acids is 1. The standard InChI is InChI=1S/C36H40N4O5/c1-8-20-16(3)23-12-25-18(5)22(10-11-36(44)15-45(36)7)32(39-25)30-31(35(42)43)34(41)29-19(6)26(40-33(29)30)14-28-21(9-2)17(4)24(38-28)13-27(20)37-23/h8,12-14,18,22,31,37-38,44H,1,9-11,15H2,2-7H3,(H2-,39,40,41,42,43)/p+1/b24-13-,25-12-,28-14-/t18-,22-,31+,36+/m0/s1. The number of epoxide rings is 1. The Kier molecular flexibility index (Phi) is 6.58. The summed E-state index contributed by atoms with van der Waals surface area (Å²) in [4.78, 5) is 37.4. The van der Waals surface area contributed by atoms with E-state index in [4.69, 9.17) is 0 Å². The molecule has 6 N–H and O–H groups in total. The molecule has 1 aliphatic carbocycles.